The van der Waals surface area contributed by atoms with Gasteiger partial charge in [-0.05, 0) is 32.0 Å². The number of ether oxygens (including phenoxy) is 1. The highest BCUT2D eigenvalue weighted by atomic mass is 32.1. The quantitative estimate of drug-likeness (QED) is 0.578. The van der Waals surface area contributed by atoms with Crippen molar-refractivity contribution in [3.05, 3.63) is 39.3 Å². The second-order valence-electron chi connectivity index (χ2n) is 5.02. The van der Waals surface area contributed by atoms with Crippen LogP contribution < -0.4 is 15.4 Å². The van der Waals surface area contributed by atoms with Crippen LogP contribution in [0, 0.1) is 13.8 Å². The Kier molecular flexibility index (Phi) is 5.81. The van der Waals surface area contributed by atoms with E-state index in [2.05, 4.69) is 20.6 Å². The van der Waals surface area contributed by atoms with Gasteiger partial charge in [0.1, 0.15) is 11.5 Å². The minimum absolute atomic E-state index is 0.225. The molecule has 1 aromatic heterocycles. The van der Waals surface area contributed by atoms with Crippen LogP contribution in [-0.4, -0.2) is 30.2 Å². The van der Waals surface area contributed by atoms with E-state index in [4.69, 9.17) is 4.74 Å². The average molecular weight is 334 g/mol. The highest BCUT2D eigenvalue weighted by molar-refractivity contribution is 7.11. The van der Waals surface area contributed by atoms with E-state index >= 15 is 0 Å². The van der Waals surface area contributed by atoms with Gasteiger partial charge in [0.05, 0.1) is 24.4 Å². The number of aromatic hydroxyl groups is 1. The minimum Gasteiger partial charge on any atom is -0.508 e. The van der Waals surface area contributed by atoms with Gasteiger partial charge in [-0.25, -0.2) is 4.98 Å². The Morgan fingerprint density at radius 1 is 1.30 bits per heavy atom. The molecule has 23 heavy (non-hydrogen) atoms. The molecule has 0 unspecified atom stereocenters. The number of nitrogens with zero attached hydrogens (tertiary/aromatic N) is 2. The highest BCUT2D eigenvalue weighted by Gasteiger charge is 2.07. The van der Waals surface area contributed by atoms with Crippen LogP contribution in [0.15, 0.2) is 23.2 Å². The Labute approximate surface area is 140 Å². The van der Waals surface area contributed by atoms with Gasteiger partial charge in [0, 0.05) is 24.0 Å². The van der Waals surface area contributed by atoms with Crippen molar-refractivity contribution in [1.82, 2.24) is 15.6 Å². The first-order chi connectivity index (χ1) is 11.0. The molecule has 0 atom stereocenters. The molecule has 0 bridgehead atoms. The smallest absolute Gasteiger partial charge is 0.191 e. The zero-order chi connectivity index (χ0) is 16.8. The Hall–Kier alpha value is -2.28. The molecule has 0 fully saturated rings. The number of aromatic nitrogens is 1. The predicted molar refractivity (Wildman–Crippen MR) is 93.3 cm³/mol. The lowest BCUT2D eigenvalue weighted by molar-refractivity contribution is 0.410. The van der Waals surface area contributed by atoms with Crippen LogP contribution in [0.5, 0.6) is 11.5 Å². The number of nitrogens with one attached hydrogen (secondary N) is 2. The molecule has 0 radical (unpaired) electrons. The van der Waals surface area contributed by atoms with Crippen molar-refractivity contribution in [3.8, 4) is 11.5 Å². The van der Waals surface area contributed by atoms with Gasteiger partial charge in [0.2, 0.25) is 0 Å². The molecule has 0 saturated carbocycles. The monoisotopic (exact) mass is 334 g/mol. The minimum atomic E-state index is 0.225. The van der Waals surface area contributed by atoms with E-state index in [1.54, 1.807) is 43.7 Å². The summed E-state index contributed by atoms with van der Waals surface area (Å²) in [7, 11) is 3.31. The number of benzene rings is 1. The molecule has 124 valence electrons. The van der Waals surface area contributed by atoms with E-state index in [-0.39, 0.29) is 5.75 Å². The van der Waals surface area contributed by atoms with Gasteiger partial charge in [-0.2, -0.15) is 0 Å². The average Bonchev–Trinajstić information content (AvgIpc) is 2.86. The van der Waals surface area contributed by atoms with Crippen LogP contribution in [0.4, 0.5) is 0 Å². The standard InChI is InChI=1S/C16H22N4O2S/c1-10-15(23-11(2)20-10)9-19-16(17-3)18-8-12-7-13(22-4)5-6-14(12)21/h5-7,21H,8-9H2,1-4H3,(H2,17,18,19). The molecular formula is C16H22N4O2S. The zero-order valence-electron chi connectivity index (χ0n) is 13.8. The lowest BCUT2D eigenvalue weighted by Gasteiger charge is -2.13. The molecule has 0 aliphatic carbocycles. The summed E-state index contributed by atoms with van der Waals surface area (Å²) in [6.07, 6.45) is 0. The zero-order valence-corrected chi connectivity index (χ0v) is 14.6. The summed E-state index contributed by atoms with van der Waals surface area (Å²) in [6, 6.07) is 5.14. The van der Waals surface area contributed by atoms with Crippen molar-refractivity contribution in [1.29, 1.82) is 0 Å². The van der Waals surface area contributed by atoms with E-state index in [0.29, 0.717) is 24.8 Å². The Balaban J connectivity index is 1.94. The van der Waals surface area contributed by atoms with E-state index in [9.17, 15) is 5.11 Å². The number of methoxy groups -OCH3 is 1. The molecule has 0 spiro atoms. The Morgan fingerprint density at radius 2 is 2.04 bits per heavy atom. The van der Waals surface area contributed by atoms with Crippen LogP contribution in [0.2, 0.25) is 0 Å². The van der Waals surface area contributed by atoms with E-state index in [0.717, 1.165) is 16.3 Å². The second-order valence-corrected chi connectivity index (χ2v) is 6.30. The van der Waals surface area contributed by atoms with Crippen molar-refractivity contribution in [2.45, 2.75) is 26.9 Å². The van der Waals surface area contributed by atoms with Crippen LogP contribution in [0.25, 0.3) is 0 Å². The Bertz CT molecular complexity index is 697. The molecule has 2 rings (SSSR count). The van der Waals surface area contributed by atoms with Crippen molar-refractivity contribution in [3.63, 3.8) is 0 Å². The number of thiazole rings is 1. The second kappa shape index (κ2) is 7.82. The maximum Gasteiger partial charge on any atom is 0.191 e. The van der Waals surface area contributed by atoms with Crippen LogP contribution in [-0.2, 0) is 13.1 Å². The molecule has 3 N–H and O–H groups in total. The molecule has 2 aromatic rings. The normalized spacial score (nSPS) is 11.4. The highest BCUT2D eigenvalue weighted by Crippen LogP contribution is 2.22. The first kappa shape index (κ1) is 17.1. The molecule has 7 heteroatoms. The molecule has 0 aliphatic heterocycles. The van der Waals surface area contributed by atoms with Gasteiger partial charge in [0.25, 0.3) is 0 Å². The molecule has 6 nitrogen and oxygen atoms in total. The fourth-order valence-electron chi connectivity index (χ4n) is 2.13. The topological polar surface area (TPSA) is 78.8 Å². The summed E-state index contributed by atoms with van der Waals surface area (Å²) in [5, 5.41) is 17.4. The van der Waals surface area contributed by atoms with Gasteiger partial charge in [0.15, 0.2) is 5.96 Å². The maximum atomic E-state index is 9.90. The lowest BCUT2D eigenvalue weighted by atomic mass is 10.2. The predicted octanol–water partition coefficient (Wildman–Crippen LogP) is 2.34. The van der Waals surface area contributed by atoms with Gasteiger partial charge in [-0.3, -0.25) is 4.99 Å². The van der Waals surface area contributed by atoms with Crippen molar-refractivity contribution < 1.29 is 9.84 Å². The summed E-state index contributed by atoms with van der Waals surface area (Å²) >= 11 is 1.68. The Morgan fingerprint density at radius 3 is 2.65 bits per heavy atom. The van der Waals surface area contributed by atoms with Crippen molar-refractivity contribution in [2.24, 2.45) is 4.99 Å². The van der Waals surface area contributed by atoms with Gasteiger partial charge in [-0.1, -0.05) is 0 Å². The fourth-order valence-corrected chi connectivity index (χ4v) is 3.01. The SMILES string of the molecule is CN=C(NCc1cc(OC)ccc1O)NCc1sc(C)nc1C. The van der Waals surface area contributed by atoms with Crippen LogP contribution in [0.1, 0.15) is 21.1 Å². The number of guanidine groups is 1. The third kappa shape index (κ3) is 4.59. The third-order valence-electron chi connectivity index (χ3n) is 3.37. The number of hydrogen-bond donors (Lipinski definition) is 3. The van der Waals surface area contributed by atoms with Gasteiger partial charge >= 0.3 is 0 Å². The number of phenols is 1. The summed E-state index contributed by atoms with van der Waals surface area (Å²) in [5.74, 6) is 1.60. The van der Waals surface area contributed by atoms with E-state index < -0.39 is 0 Å². The number of aliphatic imine (C=N–C) groups is 1. The van der Waals surface area contributed by atoms with E-state index in [1.165, 1.54) is 4.88 Å². The molecule has 1 aromatic carbocycles. The molecular weight excluding hydrogens is 312 g/mol. The fraction of sp³-hybridized carbons (Fsp3) is 0.375. The first-order valence-electron chi connectivity index (χ1n) is 7.26. The summed E-state index contributed by atoms with van der Waals surface area (Å²) in [6.45, 7) is 5.12. The summed E-state index contributed by atoms with van der Waals surface area (Å²) in [5.41, 5.74) is 1.79. The summed E-state index contributed by atoms with van der Waals surface area (Å²) in [4.78, 5) is 9.79. The van der Waals surface area contributed by atoms with Crippen LogP contribution in [0.3, 0.4) is 0 Å². The number of phenolic OH excluding ortho intramolecular Hbond substituents is 1. The number of rotatable bonds is 5. The van der Waals surface area contributed by atoms with Gasteiger partial charge < -0.3 is 20.5 Å². The lowest BCUT2D eigenvalue weighted by Crippen LogP contribution is -2.36. The number of aryl methyl sites for hydroxylation is 2. The van der Waals surface area contributed by atoms with Crippen molar-refractivity contribution in [2.75, 3.05) is 14.2 Å². The molecule has 0 saturated heterocycles. The summed E-state index contributed by atoms with van der Waals surface area (Å²) < 4.78 is 5.17. The molecule has 0 aliphatic rings. The molecule has 1 heterocycles. The maximum absolute atomic E-state index is 9.90. The first-order valence-corrected chi connectivity index (χ1v) is 8.08. The van der Waals surface area contributed by atoms with Crippen molar-refractivity contribution >= 4 is 17.3 Å². The number of hydrogen-bond acceptors (Lipinski definition) is 5. The van der Waals surface area contributed by atoms with E-state index in [1.807, 2.05) is 13.8 Å². The molecule has 0 amide bonds. The third-order valence-corrected chi connectivity index (χ3v) is 4.45. The van der Waals surface area contributed by atoms with Crippen LogP contribution >= 0.6 is 11.3 Å². The largest absolute Gasteiger partial charge is 0.508 e. The van der Waals surface area contributed by atoms with Gasteiger partial charge in [-0.15, -0.1) is 11.3 Å².